The molecule has 4 nitrogen and oxygen atoms in total. The van der Waals surface area contributed by atoms with E-state index < -0.39 is 5.60 Å². The first kappa shape index (κ1) is 11.6. The lowest BCUT2D eigenvalue weighted by Crippen LogP contribution is -2.38. The van der Waals surface area contributed by atoms with Crippen LogP contribution in [-0.4, -0.2) is 42.4 Å². The van der Waals surface area contributed by atoms with E-state index in [4.69, 9.17) is 9.47 Å². The van der Waals surface area contributed by atoms with Crippen molar-refractivity contribution in [3.05, 3.63) is 23.8 Å². The Morgan fingerprint density at radius 2 is 2.00 bits per heavy atom. The van der Waals surface area contributed by atoms with Crippen molar-refractivity contribution >= 4 is 0 Å². The second kappa shape index (κ2) is 4.12. The van der Waals surface area contributed by atoms with Crippen LogP contribution in [0.3, 0.4) is 0 Å². The highest BCUT2D eigenvalue weighted by Crippen LogP contribution is 2.45. The number of nitrogens with zero attached hydrogens (tertiary/aromatic N) is 1. The van der Waals surface area contributed by atoms with Crippen molar-refractivity contribution in [1.29, 1.82) is 0 Å². The van der Waals surface area contributed by atoms with Crippen LogP contribution in [0, 0.1) is 0 Å². The highest BCUT2D eigenvalue weighted by molar-refractivity contribution is 5.46. The molecule has 19 heavy (non-hydrogen) atoms. The van der Waals surface area contributed by atoms with Gasteiger partial charge in [0.25, 0.3) is 0 Å². The lowest BCUT2D eigenvalue weighted by molar-refractivity contribution is 0.00894. The molecular formula is C15H19NO3. The van der Waals surface area contributed by atoms with Gasteiger partial charge in [-0.3, -0.25) is 4.90 Å². The highest BCUT2D eigenvalue weighted by atomic mass is 16.6. The minimum absolute atomic E-state index is 0.273. The first-order valence-electron chi connectivity index (χ1n) is 7.14. The van der Waals surface area contributed by atoms with E-state index in [-0.39, 0.29) is 6.04 Å². The fourth-order valence-electron chi connectivity index (χ4n) is 3.76. The standard InChI is InChI=1S/C15H19NO3/c17-15(5-7-16-6-1-2-14(15)16)11-3-4-12-13(10-11)19-9-8-18-12/h3-4,10,14,17H,1-2,5-9H2. The quantitative estimate of drug-likeness (QED) is 0.832. The van der Waals surface area contributed by atoms with Crippen LogP contribution in [-0.2, 0) is 5.60 Å². The molecule has 0 aromatic heterocycles. The molecule has 102 valence electrons. The van der Waals surface area contributed by atoms with E-state index in [1.807, 2.05) is 18.2 Å². The molecule has 0 saturated carbocycles. The lowest BCUT2D eigenvalue weighted by atomic mass is 9.85. The number of rotatable bonds is 1. The average molecular weight is 261 g/mol. The van der Waals surface area contributed by atoms with E-state index in [9.17, 15) is 5.11 Å². The van der Waals surface area contributed by atoms with E-state index in [1.165, 1.54) is 6.42 Å². The third-order valence-corrected chi connectivity index (χ3v) is 4.74. The van der Waals surface area contributed by atoms with Gasteiger partial charge in [0.15, 0.2) is 11.5 Å². The molecule has 1 aromatic rings. The normalized spacial score (nSPS) is 33.4. The Balaban J connectivity index is 1.71. The summed E-state index contributed by atoms with van der Waals surface area (Å²) in [6.45, 7) is 3.31. The molecule has 0 amide bonds. The van der Waals surface area contributed by atoms with Gasteiger partial charge in [-0.15, -0.1) is 0 Å². The van der Waals surface area contributed by atoms with Crippen LogP contribution >= 0.6 is 0 Å². The Morgan fingerprint density at radius 3 is 2.89 bits per heavy atom. The van der Waals surface area contributed by atoms with Crippen LogP contribution in [0.15, 0.2) is 18.2 Å². The molecule has 0 aliphatic carbocycles. The van der Waals surface area contributed by atoms with Gasteiger partial charge in [-0.1, -0.05) is 6.07 Å². The molecule has 2 atom stereocenters. The fraction of sp³-hybridized carbons (Fsp3) is 0.600. The average Bonchev–Trinajstić information content (AvgIpc) is 3.03. The van der Waals surface area contributed by atoms with Gasteiger partial charge in [0.05, 0.1) is 0 Å². The Hall–Kier alpha value is -1.26. The Labute approximate surface area is 112 Å². The number of fused-ring (bicyclic) bond motifs is 2. The van der Waals surface area contributed by atoms with Crippen molar-refractivity contribution in [3.8, 4) is 11.5 Å². The van der Waals surface area contributed by atoms with Gasteiger partial charge in [-0.25, -0.2) is 0 Å². The van der Waals surface area contributed by atoms with Crippen molar-refractivity contribution in [2.75, 3.05) is 26.3 Å². The summed E-state index contributed by atoms with van der Waals surface area (Å²) < 4.78 is 11.2. The van der Waals surface area contributed by atoms with Crippen LogP contribution < -0.4 is 9.47 Å². The molecule has 2 saturated heterocycles. The van der Waals surface area contributed by atoms with Crippen LogP contribution in [0.5, 0.6) is 11.5 Å². The van der Waals surface area contributed by atoms with Crippen molar-refractivity contribution < 1.29 is 14.6 Å². The topological polar surface area (TPSA) is 41.9 Å². The third kappa shape index (κ3) is 1.66. The minimum Gasteiger partial charge on any atom is -0.486 e. The number of hydrogen-bond donors (Lipinski definition) is 1. The molecule has 4 rings (SSSR count). The fourth-order valence-corrected chi connectivity index (χ4v) is 3.76. The van der Waals surface area contributed by atoms with Gasteiger partial charge in [-0.05, 0) is 43.5 Å². The first-order chi connectivity index (χ1) is 9.27. The van der Waals surface area contributed by atoms with Crippen molar-refractivity contribution in [3.63, 3.8) is 0 Å². The Kier molecular flexibility index (Phi) is 2.50. The number of ether oxygens (including phenoxy) is 2. The lowest BCUT2D eigenvalue weighted by Gasteiger charge is -2.31. The van der Waals surface area contributed by atoms with E-state index in [1.54, 1.807) is 0 Å². The molecule has 3 heterocycles. The van der Waals surface area contributed by atoms with Crippen LogP contribution in [0.2, 0.25) is 0 Å². The van der Waals surface area contributed by atoms with Gasteiger partial charge in [0, 0.05) is 12.6 Å². The van der Waals surface area contributed by atoms with Crippen molar-refractivity contribution in [2.45, 2.75) is 30.9 Å². The second-order valence-electron chi connectivity index (χ2n) is 5.73. The molecule has 0 spiro atoms. The summed E-state index contributed by atoms with van der Waals surface area (Å²) in [5, 5.41) is 11.1. The maximum absolute atomic E-state index is 11.1. The summed E-state index contributed by atoms with van der Waals surface area (Å²) >= 11 is 0. The zero-order chi connectivity index (χ0) is 12.9. The van der Waals surface area contributed by atoms with E-state index in [0.29, 0.717) is 13.2 Å². The number of aliphatic hydroxyl groups is 1. The van der Waals surface area contributed by atoms with E-state index in [0.717, 1.165) is 43.0 Å². The zero-order valence-electron chi connectivity index (χ0n) is 11.0. The SMILES string of the molecule is OC1(c2ccc3c(c2)OCCO3)CCN2CCCC21. The van der Waals surface area contributed by atoms with Crippen molar-refractivity contribution in [1.82, 2.24) is 4.90 Å². The summed E-state index contributed by atoms with van der Waals surface area (Å²) in [6, 6.07) is 6.17. The molecule has 2 fully saturated rings. The summed E-state index contributed by atoms with van der Waals surface area (Å²) in [4.78, 5) is 2.41. The smallest absolute Gasteiger partial charge is 0.161 e. The molecule has 0 bridgehead atoms. The van der Waals surface area contributed by atoms with Crippen molar-refractivity contribution in [2.24, 2.45) is 0 Å². The summed E-state index contributed by atoms with van der Waals surface area (Å²) in [6.07, 6.45) is 3.10. The summed E-state index contributed by atoms with van der Waals surface area (Å²) in [5.74, 6) is 1.56. The molecule has 1 aromatic carbocycles. The van der Waals surface area contributed by atoms with Gasteiger partial charge in [0.2, 0.25) is 0 Å². The maximum atomic E-state index is 11.1. The maximum Gasteiger partial charge on any atom is 0.161 e. The van der Waals surface area contributed by atoms with E-state index >= 15 is 0 Å². The number of hydrogen-bond acceptors (Lipinski definition) is 4. The first-order valence-corrected chi connectivity index (χ1v) is 7.14. The zero-order valence-corrected chi connectivity index (χ0v) is 11.0. The van der Waals surface area contributed by atoms with Crippen LogP contribution in [0.1, 0.15) is 24.8 Å². The van der Waals surface area contributed by atoms with E-state index in [2.05, 4.69) is 4.90 Å². The Morgan fingerprint density at radius 1 is 1.16 bits per heavy atom. The largest absolute Gasteiger partial charge is 0.486 e. The van der Waals surface area contributed by atoms with Gasteiger partial charge >= 0.3 is 0 Å². The molecular weight excluding hydrogens is 242 g/mol. The van der Waals surface area contributed by atoms with Gasteiger partial charge < -0.3 is 14.6 Å². The molecule has 0 radical (unpaired) electrons. The molecule has 3 aliphatic heterocycles. The molecule has 1 N–H and O–H groups in total. The van der Waals surface area contributed by atoms with Crippen LogP contribution in [0.4, 0.5) is 0 Å². The monoisotopic (exact) mass is 261 g/mol. The Bertz CT molecular complexity index is 504. The van der Waals surface area contributed by atoms with Gasteiger partial charge in [0.1, 0.15) is 18.8 Å². The predicted molar refractivity (Wildman–Crippen MR) is 70.5 cm³/mol. The summed E-state index contributed by atoms with van der Waals surface area (Å²) in [7, 11) is 0. The molecule has 3 aliphatic rings. The molecule has 2 unspecified atom stereocenters. The predicted octanol–water partition coefficient (Wildman–Crippen LogP) is 1.51. The summed E-state index contributed by atoms with van der Waals surface area (Å²) in [5.41, 5.74) is 0.262. The second-order valence-corrected chi connectivity index (χ2v) is 5.73. The van der Waals surface area contributed by atoms with Crippen LogP contribution in [0.25, 0.3) is 0 Å². The van der Waals surface area contributed by atoms with Gasteiger partial charge in [-0.2, -0.15) is 0 Å². The minimum atomic E-state index is -0.716. The number of benzene rings is 1. The third-order valence-electron chi connectivity index (χ3n) is 4.74. The highest BCUT2D eigenvalue weighted by Gasteiger charge is 2.49. The molecule has 4 heteroatoms.